The van der Waals surface area contributed by atoms with Crippen LogP contribution in [0.25, 0.3) is 11.1 Å². The standard InChI is InChI=1S/C28H26N4O3/c1-32(27(33)26-21-12-7-15-25(21)30-31-26)17-18-8-6-9-19(16-18)20-10-2-4-13-23(20)29-24-14-5-3-11-22(24)28(34)35/h2-6,8-11,13-14,16,29H,7,12,15,17H2,1H3,(H,30,31)(H,34,35). The first kappa shape index (κ1) is 22.4. The number of carboxylic acid groups (broad SMARTS) is 1. The summed E-state index contributed by atoms with van der Waals surface area (Å²) in [5.41, 5.74) is 7.11. The molecular formula is C28H26N4O3. The number of rotatable bonds is 7. The second-order valence-electron chi connectivity index (χ2n) is 8.77. The number of fused-ring (bicyclic) bond motifs is 1. The molecular weight excluding hydrogens is 440 g/mol. The molecule has 35 heavy (non-hydrogen) atoms. The lowest BCUT2D eigenvalue weighted by Gasteiger charge is -2.18. The molecule has 0 fully saturated rings. The van der Waals surface area contributed by atoms with Gasteiger partial charge < -0.3 is 15.3 Å². The smallest absolute Gasteiger partial charge is 0.337 e. The Balaban J connectivity index is 1.39. The van der Waals surface area contributed by atoms with E-state index >= 15 is 0 Å². The number of carboxylic acids is 1. The highest BCUT2D eigenvalue weighted by Gasteiger charge is 2.25. The Morgan fingerprint density at radius 1 is 1.00 bits per heavy atom. The van der Waals surface area contributed by atoms with E-state index in [1.165, 1.54) is 0 Å². The van der Waals surface area contributed by atoms with Crippen molar-refractivity contribution in [1.82, 2.24) is 15.1 Å². The third kappa shape index (κ3) is 4.53. The molecule has 1 aromatic heterocycles. The van der Waals surface area contributed by atoms with Crippen LogP contribution < -0.4 is 5.32 Å². The molecule has 1 amide bonds. The number of aromatic nitrogens is 2. The van der Waals surface area contributed by atoms with Crippen LogP contribution in [0.5, 0.6) is 0 Å². The average molecular weight is 467 g/mol. The molecule has 4 aromatic rings. The largest absolute Gasteiger partial charge is 0.478 e. The van der Waals surface area contributed by atoms with Gasteiger partial charge in [0, 0.05) is 36.1 Å². The van der Waals surface area contributed by atoms with Crippen LogP contribution in [0.4, 0.5) is 11.4 Å². The Hall–Kier alpha value is -4.39. The number of nitrogens with zero attached hydrogens (tertiary/aromatic N) is 2. The fraction of sp³-hybridized carbons (Fsp3) is 0.179. The number of anilines is 2. The highest BCUT2D eigenvalue weighted by atomic mass is 16.4. The zero-order chi connectivity index (χ0) is 24.4. The maximum atomic E-state index is 13.1. The minimum atomic E-state index is -0.983. The maximum Gasteiger partial charge on any atom is 0.337 e. The molecule has 0 saturated carbocycles. The van der Waals surface area contributed by atoms with Gasteiger partial charge in [-0.15, -0.1) is 0 Å². The number of para-hydroxylation sites is 2. The van der Waals surface area contributed by atoms with Gasteiger partial charge in [0.15, 0.2) is 5.69 Å². The summed E-state index contributed by atoms with van der Waals surface area (Å²) in [6.45, 7) is 0.450. The van der Waals surface area contributed by atoms with Gasteiger partial charge in [0.2, 0.25) is 0 Å². The molecule has 3 N–H and O–H groups in total. The Kier molecular flexibility index (Phi) is 6.06. The molecule has 0 atom stereocenters. The number of H-pyrrole nitrogens is 1. The monoisotopic (exact) mass is 466 g/mol. The first-order valence-electron chi connectivity index (χ1n) is 11.6. The van der Waals surface area contributed by atoms with E-state index < -0.39 is 5.97 Å². The van der Waals surface area contributed by atoms with Crippen LogP contribution in [0, 0.1) is 0 Å². The highest BCUT2D eigenvalue weighted by Crippen LogP contribution is 2.32. The zero-order valence-corrected chi connectivity index (χ0v) is 19.4. The fourth-order valence-electron chi connectivity index (χ4n) is 4.63. The highest BCUT2D eigenvalue weighted by molar-refractivity contribution is 5.96. The summed E-state index contributed by atoms with van der Waals surface area (Å²) in [6.07, 6.45) is 2.90. The predicted octanol–water partition coefficient (Wildman–Crippen LogP) is 5.28. The summed E-state index contributed by atoms with van der Waals surface area (Å²) in [4.78, 5) is 26.4. The number of benzene rings is 3. The van der Waals surface area contributed by atoms with Crippen LogP contribution in [0.2, 0.25) is 0 Å². The Labute approximate surface area is 203 Å². The molecule has 0 saturated heterocycles. The summed E-state index contributed by atoms with van der Waals surface area (Å²) in [5.74, 6) is -1.06. The van der Waals surface area contributed by atoms with E-state index in [1.807, 2.05) is 42.5 Å². The maximum absolute atomic E-state index is 13.1. The van der Waals surface area contributed by atoms with Crippen molar-refractivity contribution in [3.8, 4) is 11.1 Å². The van der Waals surface area contributed by atoms with Crippen LogP contribution in [0.1, 0.15) is 44.1 Å². The topological polar surface area (TPSA) is 98.3 Å². The first-order chi connectivity index (χ1) is 17.0. The van der Waals surface area contributed by atoms with Crippen LogP contribution >= 0.6 is 0 Å². The quantitative estimate of drug-likeness (QED) is 0.344. The lowest BCUT2D eigenvalue weighted by molar-refractivity contribution is 0.0697. The van der Waals surface area contributed by atoms with E-state index in [0.29, 0.717) is 17.9 Å². The average Bonchev–Trinajstić information content (AvgIpc) is 3.49. The number of amides is 1. The van der Waals surface area contributed by atoms with Crippen LogP contribution in [0.15, 0.2) is 72.8 Å². The summed E-state index contributed by atoms with van der Waals surface area (Å²) < 4.78 is 0. The molecule has 7 nitrogen and oxygen atoms in total. The van der Waals surface area contributed by atoms with Gasteiger partial charge in [-0.25, -0.2) is 4.79 Å². The van der Waals surface area contributed by atoms with Crippen molar-refractivity contribution in [3.63, 3.8) is 0 Å². The van der Waals surface area contributed by atoms with Gasteiger partial charge in [-0.3, -0.25) is 9.89 Å². The Morgan fingerprint density at radius 3 is 2.60 bits per heavy atom. The van der Waals surface area contributed by atoms with Crippen molar-refractivity contribution in [2.45, 2.75) is 25.8 Å². The molecule has 0 spiro atoms. The third-order valence-corrected chi connectivity index (χ3v) is 6.37. The molecule has 1 aliphatic carbocycles. The second-order valence-corrected chi connectivity index (χ2v) is 8.77. The normalized spacial score (nSPS) is 12.3. The first-order valence-corrected chi connectivity index (χ1v) is 11.6. The van der Waals surface area contributed by atoms with E-state index in [-0.39, 0.29) is 11.5 Å². The minimum Gasteiger partial charge on any atom is -0.478 e. The van der Waals surface area contributed by atoms with E-state index in [4.69, 9.17) is 0 Å². The number of hydrogen-bond donors (Lipinski definition) is 3. The van der Waals surface area contributed by atoms with Crippen molar-refractivity contribution in [1.29, 1.82) is 0 Å². The number of aryl methyl sites for hydroxylation is 1. The van der Waals surface area contributed by atoms with Gasteiger partial charge in [-0.1, -0.05) is 48.5 Å². The van der Waals surface area contributed by atoms with E-state index in [1.54, 1.807) is 36.2 Å². The zero-order valence-electron chi connectivity index (χ0n) is 19.4. The van der Waals surface area contributed by atoms with Gasteiger partial charge in [0.25, 0.3) is 5.91 Å². The summed E-state index contributed by atoms with van der Waals surface area (Å²) >= 11 is 0. The number of hydrogen-bond acceptors (Lipinski definition) is 4. The molecule has 0 unspecified atom stereocenters. The van der Waals surface area contributed by atoms with Crippen molar-refractivity contribution in [2.75, 3.05) is 12.4 Å². The van der Waals surface area contributed by atoms with Crippen LogP contribution in [0.3, 0.4) is 0 Å². The van der Waals surface area contributed by atoms with Crippen molar-refractivity contribution < 1.29 is 14.7 Å². The third-order valence-electron chi connectivity index (χ3n) is 6.37. The summed E-state index contributed by atoms with van der Waals surface area (Å²) in [7, 11) is 1.80. The van der Waals surface area contributed by atoms with Crippen molar-refractivity contribution >= 4 is 23.3 Å². The number of aromatic amines is 1. The lowest BCUT2D eigenvalue weighted by Crippen LogP contribution is -2.27. The number of carbonyl (C=O) groups excluding carboxylic acids is 1. The SMILES string of the molecule is CN(Cc1cccc(-c2ccccc2Nc2ccccc2C(=O)O)c1)C(=O)c1n[nH]c2c1CCC2. The molecule has 5 rings (SSSR count). The van der Waals surface area contributed by atoms with Gasteiger partial charge >= 0.3 is 5.97 Å². The van der Waals surface area contributed by atoms with Crippen LogP contribution in [-0.2, 0) is 19.4 Å². The van der Waals surface area contributed by atoms with Gasteiger partial charge in [0.05, 0.1) is 11.3 Å². The van der Waals surface area contributed by atoms with Crippen molar-refractivity contribution in [3.05, 3.63) is 101 Å². The molecule has 176 valence electrons. The molecule has 0 aliphatic heterocycles. The second kappa shape index (κ2) is 9.46. The Bertz CT molecular complexity index is 1410. The van der Waals surface area contributed by atoms with E-state index in [2.05, 4.69) is 21.6 Å². The van der Waals surface area contributed by atoms with Gasteiger partial charge in [-0.2, -0.15) is 5.10 Å². The summed E-state index contributed by atoms with van der Waals surface area (Å²) in [5, 5.41) is 20.1. The molecule has 1 aliphatic rings. The number of carbonyl (C=O) groups is 2. The lowest BCUT2D eigenvalue weighted by atomic mass is 10.0. The number of nitrogens with one attached hydrogen (secondary N) is 2. The summed E-state index contributed by atoms with van der Waals surface area (Å²) in [6, 6.07) is 22.7. The van der Waals surface area contributed by atoms with E-state index in [0.717, 1.165) is 52.9 Å². The van der Waals surface area contributed by atoms with Crippen molar-refractivity contribution in [2.24, 2.45) is 0 Å². The van der Waals surface area contributed by atoms with Crippen LogP contribution in [-0.4, -0.2) is 39.1 Å². The molecule has 0 bridgehead atoms. The molecule has 0 radical (unpaired) electrons. The molecule has 7 heteroatoms. The number of aromatic carboxylic acids is 1. The van der Waals surface area contributed by atoms with Gasteiger partial charge in [-0.05, 0) is 54.7 Å². The van der Waals surface area contributed by atoms with E-state index in [9.17, 15) is 14.7 Å². The molecule has 3 aromatic carbocycles. The molecule has 1 heterocycles. The minimum absolute atomic E-state index is 0.0813. The Morgan fingerprint density at radius 2 is 1.77 bits per heavy atom. The van der Waals surface area contributed by atoms with Gasteiger partial charge in [0.1, 0.15) is 0 Å². The fourth-order valence-corrected chi connectivity index (χ4v) is 4.63. The predicted molar refractivity (Wildman–Crippen MR) is 135 cm³/mol.